The number of carbonyl (C=O) groups is 1. The maximum atomic E-state index is 12.8. The molecule has 0 spiro atoms. The minimum absolute atomic E-state index is 0.110. The highest BCUT2D eigenvalue weighted by Crippen LogP contribution is 2.29. The van der Waals surface area contributed by atoms with Crippen LogP contribution in [0.15, 0.2) is 54.6 Å². The van der Waals surface area contributed by atoms with Crippen molar-refractivity contribution < 1.29 is 18.0 Å². The second kappa shape index (κ2) is 7.56. The minimum atomic E-state index is -4.52. The second-order valence-electron chi connectivity index (χ2n) is 5.98. The number of benzene rings is 2. The number of nitrogens with zero attached hydrogens (tertiary/aromatic N) is 3. The Hall–Kier alpha value is -3.60. The van der Waals surface area contributed by atoms with Gasteiger partial charge in [-0.15, -0.1) is 5.10 Å². The maximum Gasteiger partial charge on any atom is 0.416 e. The van der Waals surface area contributed by atoms with Crippen molar-refractivity contribution in [2.24, 2.45) is 0 Å². The summed E-state index contributed by atoms with van der Waals surface area (Å²) in [6.45, 7) is 1.91. The Kier molecular flexibility index (Phi) is 5.18. The highest BCUT2D eigenvalue weighted by atomic mass is 19.4. The molecule has 142 valence electrons. The molecule has 0 aliphatic rings. The summed E-state index contributed by atoms with van der Waals surface area (Å²) in [7, 11) is 0. The van der Waals surface area contributed by atoms with Gasteiger partial charge in [0, 0.05) is 17.3 Å². The molecule has 1 N–H and O–H groups in total. The Morgan fingerprint density at radius 3 is 2.50 bits per heavy atom. The van der Waals surface area contributed by atoms with Crippen molar-refractivity contribution in [2.45, 2.75) is 19.5 Å². The van der Waals surface area contributed by atoms with Gasteiger partial charge in [-0.25, -0.2) is 4.68 Å². The van der Waals surface area contributed by atoms with Crippen LogP contribution in [0.2, 0.25) is 0 Å². The number of hydrogen-bond donors (Lipinski definition) is 1. The fraction of sp³-hybridized carbons (Fsp3) is 0.150. The third-order valence-electron chi connectivity index (χ3n) is 4.08. The number of carbonyl (C=O) groups excluding carboxylic acids is 1. The van der Waals surface area contributed by atoms with Gasteiger partial charge in [-0.2, -0.15) is 18.4 Å². The monoisotopic (exact) mass is 384 g/mol. The van der Waals surface area contributed by atoms with Crippen LogP contribution in [0.1, 0.15) is 34.1 Å². The Balaban J connectivity index is 1.86. The molecular weight excluding hydrogens is 369 g/mol. The van der Waals surface area contributed by atoms with E-state index in [9.17, 15) is 18.0 Å². The number of alkyl halides is 3. The van der Waals surface area contributed by atoms with Gasteiger partial charge >= 0.3 is 6.18 Å². The van der Waals surface area contributed by atoms with Crippen LogP contribution in [0.25, 0.3) is 5.69 Å². The number of aryl methyl sites for hydroxylation is 1. The molecule has 0 bridgehead atoms. The first-order valence-corrected chi connectivity index (χ1v) is 8.40. The van der Waals surface area contributed by atoms with Gasteiger partial charge in [-0.05, 0) is 48.9 Å². The highest BCUT2D eigenvalue weighted by molar-refractivity contribution is 6.03. The second-order valence-corrected chi connectivity index (χ2v) is 5.98. The van der Waals surface area contributed by atoms with Gasteiger partial charge in [0.1, 0.15) is 0 Å². The molecule has 2 aromatic carbocycles. The summed E-state index contributed by atoms with van der Waals surface area (Å²) >= 11 is 0. The summed E-state index contributed by atoms with van der Waals surface area (Å²) in [6, 6.07) is 14.6. The van der Waals surface area contributed by atoms with E-state index in [0.29, 0.717) is 17.7 Å². The average Bonchev–Trinajstić information content (AvgIpc) is 3.10. The fourth-order valence-corrected chi connectivity index (χ4v) is 2.66. The third-order valence-corrected chi connectivity index (χ3v) is 4.08. The van der Waals surface area contributed by atoms with Crippen LogP contribution < -0.4 is 5.32 Å². The Bertz CT molecular complexity index is 1050. The molecule has 5 nitrogen and oxygen atoms in total. The van der Waals surface area contributed by atoms with Crippen molar-refractivity contribution in [3.63, 3.8) is 0 Å². The third kappa shape index (κ3) is 4.04. The quantitative estimate of drug-likeness (QED) is 0.716. The zero-order valence-electron chi connectivity index (χ0n) is 14.8. The molecule has 0 aliphatic carbocycles. The number of aromatic nitrogens is 2. The highest BCUT2D eigenvalue weighted by Gasteiger charge is 2.31. The van der Waals surface area contributed by atoms with E-state index in [4.69, 9.17) is 5.26 Å². The van der Waals surface area contributed by atoms with E-state index >= 15 is 0 Å². The van der Waals surface area contributed by atoms with Crippen LogP contribution in [0.5, 0.6) is 0 Å². The lowest BCUT2D eigenvalue weighted by molar-refractivity contribution is -0.137. The van der Waals surface area contributed by atoms with Crippen LogP contribution in [-0.2, 0) is 12.6 Å². The van der Waals surface area contributed by atoms with E-state index < -0.39 is 17.6 Å². The zero-order chi connectivity index (χ0) is 20.3. The molecule has 0 aliphatic heterocycles. The van der Waals surface area contributed by atoms with E-state index in [1.54, 1.807) is 35.0 Å². The Morgan fingerprint density at radius 2 is 1.89 bits per heavy atom. The first-order chi connectivity index (χ1) is 13.3. The summed E-state index contributed by atoms with van der Waals surface area (Å²) in [5.41, 5.74) is 1.00. The van der Waals surface area contributed by atoms with Gasteiger partial charge in [0.2, 0.25) is 0 Å². The molecule has 0 fully saturated rings. The lowest BCUT2D eigenvalue weighted by Crippen LogP contribution is -2.14. The number of anilines is 1. The van der Waals surface area contributed by atoms with Crippen molar-refractivity contribution in [1.82, 2.24) is 9.78 Å². The first kappa shape index (κ1) is 19.2. The largest absolute Gasteiger partial charge is 0.416 e. The Morgan fingerprint density at radius 1 is 1.18 bits per heavy atom. The molecule has 1 aromatic heterocycles. The summed E-state index contributed by atoms with van der Waals surface area (Å²) in [4.78, 5) is 12.4. The standard InChI is InChI=1S/C20H15F3N4O/c1-2-16-11-18(26-27(16)17-8-6-13(12-24)7-9-17)25-19(28)14-4-3-5-15(10-14)20(21,22)23/h3-11H,2H2,1H3,(H,25,26,28). The molecule has 1 heterocycles. The summed E-state index contributed by atoms with van der Waals surface area (Å²) in [5, 5.41) is 15.7. The molecule has 0 atom stereocenters. The molecule has 0 saturated heterocycles. The van der Waals surface area contributed by atoms with Crippen molar-refractivity contribution in [3.8, 4) is 11.8 Å². The molecule has 28 heavy (non-hydrogen) atoms. The van der Waals surface area contributed by atoms with Gasteiger partial charge in [0.05, 0.1) is 22.9 Å². The predicted octanol–water partition coefficient (Wildman–Crippen LogP) is 4.58. The number of hydrogen-bond acceptors (Lipinski definition) is 3. The van der Waals surface area contributed by atoms with Crippen molar-refractivity contribution in [2.75, 3.05) is 5.32 Å². The summed E-state index contributed by atoms with van der Waals surface area (Å²) < 4.78 is 40.1. The molecule has 3 aromatic rings. The van der Waals surface area contributed by atoms with Gasteiger partial charge in [-0.3, -0.25) is 4.79 Å². The molecule has 1 amide bonds. The van der Waals surface area contributed by atoms with Crippen LogP contribution >= 0.6 is 0 Å². The molecule has 0 saturated carbocycles. The fourth-order valence-electron chi connectivity index (χ4n) is 2.66. The topological polar surface area (TPSA) is 70.7 Å². The first-order valence-electron chi connectivity index (χ1n) is 8.40. The van der Waals surface area contributed by atoms with E-state index in [1.165, 1.54) is 12.1 Å². The minimum Gasteiger partial charge on any atom is -0.305 e. The van der Waals surface area contributed by atoms with Crippen LogP contribution in [0.3, 0.4) is 0 Å². The predicted molar refractivity (Wildman–Crippen MR) is 97.1 cm³/mol. The normalized spacial score (nSPS) is 11.1. The zero-order valence-corrected chi connectivity index (χ0v) is 14.8. The van der Waals surface area contributed by atoms with E-state index in [2.05, 4.69) is 10.4 Å². The van der Waals surface area contributed by atoms with Crippen molar-refractivity contribution in [3.05, 3.63) is 77.0 Å². The van der Waals surface area contributed by atoms with E-state index in [1.807, 2.05) is 13.0 Å². The summed E-state index contributed by atoms with van der Waals surface area (Å²) in [5.74, 6) is -0.457. The van der Waals surface area contributed by atoms with Crippen molar-refractivity contribution in [1.29, 1.82) is 5.26 Å². The molecule has 0 radical (unpaired) electrons. The lowest BCUT2D eigenvalue weighted by Gasteiger charge is -2.08. The molecule has 3 rings (SSSR count). The number of nitrogens with one attached hydrogen (secondary N) is 1. The maximum absolute atomic E-state index is 12.8. The molecule has 0 unspecified atom stereocenters. The van der Waals surface area contributed by atoms with Gasteiger partial charge in [0.25, 0.3) is 5.91 Å². The lowest BCUT2D eigenvalue weighted by atomic mass is 10.1. The molecular formula is C20H15F3N4O. The number of amides is 1. The van der Waals surface area contributed by atoms with E-state index in [0.717, 1.165) is 17.8 Å². The number of rotatable bonds is 4. The van der Waals surface area contributed by atoms with Gasteiger partial charge in [-0.1, -0.05) is 13.0 Å². The van der Waals surface area contributed by atoms with Crippen LogP contribution in [-0.4, -0.2) is 15.7 Å². The van der Waals surface area contributed by atoms with Crippen molar-refractivity contribution >= 4 is 11.7 Å². The van der Waals surface area contributed by atoms with Crippen LogP contribution in [0.4, 0.5) is 19.0 Å². The Labute approximate surface area is 159 Å². The SMILES string of the molecule is CCc1cc(NC(=O)c2cccc(C(F)(F)F)c2)nn1-c1ccc(C#N)cc1. The average molecular weight is 384 g/mol. The smallest absolute Gasteiger partial charge is 0.305 e. The number of nitriles is 1. The molecule has 8 heteroatoms. The van der Waals surface area contributed by atoms with Crippen LogP contribution in [0, 0.1) is 11.3 Å². The van der Waals surface area contributed by atoms with Gasteiger partial charge in [0.15, 0.2) is 5.82 Å². The van der Waals surface area contributed by atoms with Gasteiger partial charge < -0.3 is 5.32 Å². The summed E-state index contributed by atoms with van der Waals surface area (Å²) in [6.07, 6.45) is -3.91. The number of halogens is 3. The van der Waals surface area contributed by atoms with E-state index in [-0.39, 0.29) is 11.4 Å².